The molecule has 1 saturated heterocycles. The zero-order valence-electron chi connectivity index (χ0n) is 18.4. The minimum Gasteiger partial charge on any atom is -0.337 e. The molecule has 1 atom stereocenters. The maximum absolute atomic E-state index is 13.0. The lowest BCUT2D eigenvalue weighted by molar-refractivity contribution is 0.0785. The van der Waals surface area contributed by atoms with E-state index in [2.05, 4.69) is 11.3 Å². The first kappa shape index (κ1) is 26.7. The fraction of sp³-hybridized carbons (Fsp3) is 0.318. The van der Waals surface area contributed by atoms with E-state index in [1.165, 1.54) is 33.5 Å². The van der Waals surface area contributed by atoms with E-state index in [1.807, 2.05) is 0 Å². The Morgan fingerprint density at radius 2 is 1.82 bits per heavy atom. The van der Waals surface area contributed by atoms with E-state index in [1.54, 1.807) is 25.2 Å². The van der Waals surface area contributed by atoms with E-state index >= 15 is 0 Å². The first-order valence-corrected chi connectivity index (χ1v) is 14.1. The standard InChI is InChI=1S/C22H25Cl2N3O5S2/c1-3-33(29,30)25-13-17-10-11-27(15-17)34(31,32)19-7-5-18(6-8-19)22(28)26(2)14-16-4-9-20(23)21(24)12-16/h3-9,12,17,25H,1,10-11,13-15H2,2H3. The van der Waals surface area contributed by atoms with Gasteiger partial charge in [-0.2, -0.15) is 4.31 Å². The Morgan fingerprint density at radius 3 is 2.44 bits per heavy atom. The summed E-state index contributed by atoms with van der Waals surface area (Å²) in [5.41, 5.74) is 1.16. The van der Waals surface area contributed by atoms with E-state index in [0.717, 1.165) is 11.0 Å². The van der Waals surface area contributed by atoms with Gasteiger partial charge in [0, 0.05) is 44.2 Å². The summed E-state index contributed by atoms with van der Waals surface area (Å²) in [6.07, 6.45) is 0.537. The number of benzene rings is 2. The third-order valence-electron chi connectivity index (χ3n) is 5.53. The molecule has 34 heavy (non-hydrogen) atoms. The normalized spacial score (nSPS) is 17.0. The van der Waals surface area contributed by atoms with Crippen molar-refractivity contribution in [3.8, 4) is 0 Å². The van der Waals surface area contributed by atoms with E-state index in [0.29, 0.717) is 28.6 Å². The number of rotatable bonds is 9. The maximum Gasteiger partial charge on any atom is 0.253 e. The quantitative estimate of drug-likeness (QED) is 0.520. The van der Waals surface area contributed by atoms with Crippen molar-refractivity contribution in [3.05, 3.63) is 75.6 Å². The molecule has 2 aromatic rings. The molecule has 1 aliphatic heterocycles. The molecule has 0 spiro atoms. The highest BCUT2D eigenvalue weighted by Gasteiger charge is 2.33. The van der Waals surface area contributed by atoms with Crippen molar-refractivity contribution in [1.82, 2.24) is 13.9 Å². The molecular formula is C22H25Cl2N3O5S2. The van der Waals surface area contributed by atoms with E-state index in [4.69, 9.17) is 23.2 Å². The molecule has 1 unspecified atom stereocenters. The lowest BCUT2D eigenvalue weighted by atomic mass is 10.1. The van der Waals surface area contributed by atoms with Crippen LogP contribution in [0.4, 0.5) is 0 Å². The summed E-state index contributed by atoms with van der Waals surface area (Å²) in [6.45, 7) is 4.17. The van der Waals surface area contributed by atoms with Gasteiger partial charge in [0.25, 0.3) is 5.91 Å². The molecule has 0 saturated carbocycles. The predicted octanol–water partition coefficient (Wildman–Crippen LogP) is 3.34. The molecule has 0 radical (unpaired) electrons. The van der Waals surface area contributed by atoms with E-state index < -0.39 is 20.0 Å². The first-order valence-electron chi connectivity index (χ1n) is 10.3. The van der Waals surface area contributed by atoms with E-state index in [9.17, 15) is 21.6 Å². The van der Waals surface area contributed by atoms with Crippen LogP contribution in [0.15, 0.2) is 59.3 Å². The van der Waals surface area contributed by atoms with Crippen molar-refractivity contribution in [2.24, 2.45) is 5.92 Å². The highest BCUT2D eigenvalue weighted by atomic mass is 35.5. The van der Waals surface area contributed by atoms with Gasteiger partial charge in [0.15, 0.2) is 0 Å². The van der Waals surface area contributed by atoms with Crippen LogP contribution in [0.25, 0.3) is 0 Å². The van der Waals surface area contributed by atoms with Crippen LogP contribution in [0.3, 0.4) is 0 Å². The van der Waals surface area contributed by atoms with Crippen molar-refractivity contribution >= 4 is 49.2 Å². The number of nitrogens with zero attached hydrogens (tertiary/aromatic N) is 2. The van der Waals surface area contributed by atoms with Crippen molar-refractivity contribution in [1.29, 1.82) is 0 Å². The molecule has 0 aliphatic carbocycles. The largest absolute Gasteiger partial charge is 0.337 e. The SMILES string of the molecule is C=CS(=O)(=O)NCC1CCN(S(=O)(=O)c2ccc(C(=O)N(C)Cc3ccc(Cl)c(Cl)c3)cc2)C1. The van der Waals surface area contributed by atoms with Gasteiger partial charge in [-0.15, -0.1) is 0 Å². The number of amides is 1. The van der Waals surface area contributed by atoms with Crippen LogP contribution < -0.4 is 4.72 Å². The van der Waals surface area contributed by atoms with Crippen molar-refractivity contribution in [2.75, 3.05) is 26.7 Å². The molecule has 3 rings (SSSR count). The van der Waals surface area contributed by atoms with Crippen molar-refractivity contribution < 1.29 is 21.6 Å². The molecule has 1 amide bonds. The average Bonchev–Trinajstić information content (AvgIpc) is 3.30. The van der Waals surface area contributed by atoms with Gasteiger partial charge in [0.05, 0.1) is 14.9 Å². The summed E-state index contributed by atoms with van der Waals surface area (Å²) >= 11 is 12.0. The molecule has 0 bridgehead atoms. The van der Waals surface area contributed by atoms with Gasteiger partial charge in [0.1, 0.15) is 0 Å². The smallest absolute Gasteiger partial charge is 0.253 e. The third kappa shape index (κ3) is 6.38. The summed E-state index contributed by atoms with van der Waals surface area (Å²) in [7, 11) is -5.69. The number of halogens is 2. The number of hydrogen-bond acceptors (Lipinski definition) is 5. The minimum absolute atomic E-state index is 0.0727. The lowest BCUT2D eigenvalue weighted by Gasteiger charge is -2.19. The molecule has 1 fully saturated rings. The number of carbonyl (C=O) groups is 1. The molecule has 0 aromatic heterocycles. The van der Waals surface area contributed by atoms with Crippen LogP contribution in [-0.2, 0) is 26.6 Å². The highest BCUT2D eigenvalue weighted by molar-refractivity contribution is 7.92. The van der Waals surface area contributed by atoms with E-state index in [-0.39, 0.29) is 36.4 Å². The van der Waals surface area contributed by atoms with Crippen LogP contribution in [0.5, 0.6) is 0 Å². The van der Waals surface area contributed by atoms with Crippen LogP contribution >= 0.6 is 23.2 Å². The minimum atomic E-state index is -3.77. The van der Waals surface area contributed by atoms with Gasteiger partial charge in [-0.05, 0) is 54.3 Å². The van der Waals surface area contributed by atoms with Gasteiger partial charge >= 0.3 is 0 Å². The summed E-state index contributed by atoms with van der Waals surface area (Å²) in [4.78, 5) is 14.4. The summed E-state index contributed by atoms with van der Waals surface area (Å²) in [6, 6.07) is 10.9. The van der Waals surface area contributed by atoms with Crippen molar-refractivity contribution in [2.45, 2.75) is 17.9 Å². The summed E-state index contributed by atoms with van der Waals surface area (Å²) < 4.78 is 52.8. The maximum atomic E-state index is 13.0. The second-order valence-corrected chi connectivity index (χ2v) is 12.5. The Hall–Kier alpha value is -1.95. The van der Waals surface area contributed by atoms with Crippen LogP contribution in [0.2, 0.25) is 10.0 Å². The predicted molar refractivity (Wildman–Crippen MR) is 133 cm³/mol. The zero-order valence-corrected chi connectivity index (χ0v) is 21.6. The Labute approximate surface area is 210 Å². The Bertz CT molecular complexity index is 1280. The first-order chi connectivity index (χ1) is 15.9. The highest BCUT2D eigenvalue weighted by Crippen LogP contribution is 2.25. The molecule has 184 valence electrons. The van der Waals surface area contributed by atoms with Crippen LogP contribution in [-0.4, -0.2) is 58.6 Å². The molecule has 1 heterocycles. The second-order valence-electron chi connectivity index (χ2n) is 8.01. The van der Waals surface area contributed by atoms with Crippen LogP contribution in [0.1, 0.15) is 22.3 Å². The molecule has 1 aliphatic rings. The Kier molecular flexibility index (Phi) is 8.43. The second kappa shape index (κ2) is 10.8. The average molecular weight is 546 g/mol. The molecule has 2 aromatic carbocycles. The fourth-order valence-electron chi connectivity index (χ4n) is 3.60. The number of carbonyl (C=O) groups excluding carboxylic acids is 1. The van der Waals surface area contributed by atoms with Gasteiger partial charge in [-0.1, -0.05) is 35.8 Å². The molecular weight excluding hydrogens is 521 g/mol. The van der Waals surface area contributed by atoms with Crippen LogP contribution in [0, 0.1) is 5.92 Å². The van der Waals surface area contributed by atoms with Crippen molar-refractivity contribution in [3.63, 3.8) is 0 Å². The fourth-order valence-corrected chi connectivity index (χ4v) is 6.04. The molecule has 12 heteroatoms. The monoisotopic (exact) mass is 545 g/mol. The lowest BCUT2D eigenvalue weighted by Crippen LogP contribution is -2.32. The molecule has 1 N–H and O–H groups in total. The number of hydrogen-bond donors (Lipinski definition) is 1. The summed E-state index contributed by atoms with van der Waals surface area (Å²) in [5.74, 6) is -0.411. The Balaban J connectivity index is 1.64. The van der Waals surface area contributed by atoms with Gasteiger partial charge < -0.3 is 4.90 Å². The van der Waals surface area contributed by atoms with Gasteiger partial charge in [0.2, 0.25) is 20.0 Å². The Morgan fingerprint density at radius 1 is 1.15 bits per heavy atom. The molecule has 8 nitrogen and oxygen atoms in total. The van der Waals surface area contributed by atoms with Gasteiger partial charge in [-0.25, -0.2) is 21.6 Å². The number of sulfonamides is 2. The topological polar surface area (TPSA) is 104 Å². The zero-order chi connectivity index (χ0) is 25.1. The summed E-state index contributed by atoms with van der Waals surface area (Å²) in [5, 5.41) is 1.65. The number of nitrogens with one attached hydrogen (secondary N) is 1. The van der Waals surface area contributed by atoms with Gasteiger partial charge in [-0.3, -0.25) is 4.79 Å². The third-order valence-corrected chi connectivity index (χ3v) is 9.16.